The van der Waals surface area contributed by atoms with Gasteiger partial charge in [0.05, 0.1) is 24.2 Å². The zero-order valence-electron chi connectivity index (χ0n) is 13.1. The summed E-state index contributed by atoms with van der Waals surface area (Å²) in [5.41, 5.74) is 1.05. The summed E-state index contributed by atoms with van der Waals surface area (Å²) in [6, 6.07) is 6.77. The average Bonchev–Trinajstić information content (AvgIpc) is 3.07. The molecule has 24 heavy (non-hydrogen) atoms. The topological polar surface area (TPSA) is 95.7 Å². The van der Waals surface area contributed by atoms with E-state index in [0.29, 0.717) is 19.5 Å². The summed E-state index contributed by atoms with van der Waals surface area (Å²) in [6.07, 6.45) is 4.71. The number of carbonyl (C=O) groups excluding carboxylic acids is 1. The summed E-state index contributed by atoms with van der Waals surface area (Å²) in [5, 5.41) is 22.3. The van der Waals surface area contributed by atoms with Crippen LogP contribution in [0.25, 0.3) is 0 Å². The molecule has 0 spiro atoms. The number of amides is 1. The number of likely N-dealkylation sites (tertiary alicyclic amines) is 1. The number of phenols is 1. The van der Waals surface area contributed by atoms with E-state index < -0.39 is 5.97 Å². The van der Waals surface area contributed by atoms with Crippen LogP contribution in [-0.2, 0) is 11.2 Å². The summed E-state index contributed by atoms with van der Waals surface area (Å²) in [6.45, 7) is 1.26. The van der Waals surface area contributed by atoms with Gasteiger partial charge in [-0.15, -0.1) is 0 Å². The molecule has 1 aromatic heterocycles. The number of phenolic OH excluding ortho intramolecular Hbond substituents is 1. The van der Waals surface area contributed by atoms with Crippen LogP contribution in [0, 0.1) is 0 Å². The summed E-state index contributed by atoms with van der Waals surface area (Å²) < 4.78 is 1.69. The number of carboxylic acid groups (broad SMARTS) is 1. The van der Waals surface area contributed by atoms with Crippen LogP contribution in [-0.4, -0.2) is 49.9 Å². The summed E-state index contributed by atoms with van der Waals surface area (Å²) in [5.74, 6) is -0.736. The maximum absolute atomic E-state index is 12.4. The molecule has 1 saturated heterocycles. The first-order valence-electron chi connectivity index (χ1n) is 7.86. The van der Waals surface area contributed by atoms with Crippen molar-refractivity contribution < 1.29 is 19.8 Å². The Kier molecular flexibility index (Phi) is 4.50. The van der Waals surface area contributed by atoms with E-state index in [4.69, 9.17) is 5.11 Å². The normalized spacial score (nSPS) is 15.4. The zero-order chi connectivity index (χ0) is 17.1. The van der Waals surface area contributed by atoms with Crippen molar-refractivity contribution in [2.75, 3.05) is 13.1 Å². The number of carboxylic acids is 1. The second-order valence-electron chi connectivity index (χ2n) is 5.97. The Balaban J connectivity index is 1.55. The molecule has 3 rings (SSSR count). The van der Waals surface area contributed by atoms with E-state index in [1.54, 1.807) is 35.1 Å². The smallest absolute Gasteiger partial charge is 0.338 e. The highest BCUT2D eigenvalue weighted by molar-refractivity contribution is 5.86. The van der Waals surface area contributed by atoms with Gasteiger partial charge in [0.15, 0.2) is 0 Å². The Labute approximate surface area is 139 Å². The van der Waals surface area contributed by atoms with Crippen LogP contribution in [0.2, 0.25) is 0 Å². The molecule has 1 amide bonds. The fraction of sp³-hybridized carbons (Fsp3) is 0.353. The molecule has 2 heterocycles. The number of carbonyl (C=O) groups is 2. The molecule has 7 nitrogen and oxygen atoms in total. The molecule has 7 heteroatoms. The van der Waals surface area contributed by atoms with Gasteiger partial charge >= 0.3 is 5.97 Å². The Hall–Kier alpha value is -2.83. The van der Waals surface area contributed by atoms with Gasteiger partial charge in [0, 0.05) is 19.3 Å². The predicted octanol–water partition coefficient (Wildman–Crippen LogP) is 1.69. The lowest BCUT2D eigenvalue weighted by Crippen LogP contribution is -2.39. The molecule has 2 N–H and O–H groups in total. The number of nitrogens with zero attached hydrogens (tertiary/aromatic N) is 3. The predicted molar refractivity (Wildman–Crippen MR) is 85.8 cm³/mol. The minimum Gasteiger partial charge on any atom is -0.508 e. The van der Waals surface area contributed by atoms with Gasteiger partial charge in [0.2, 0.25) is 5.91 Å². The second-order valence-corrected chi connectivity index (χ2v) is 5.97. The monoisotopic (exact) mass is 329 g/mol. The van der Waals surface area contributed by atoms with E-state index in [2.05, 4.69) is 5.10 Å². The first-order chi connectivity index (χ1) is 11.5. The van der Waals surface area contributed by atoms with Crippen LogP contribution in [0.1, 0.15) is 34.8 Å². The first kappa shape index (κ1) is 16.0. The van der Waals surface area contributed by atoms with Crippen molar-refractivity contribution in [3.8, 4) is 5.75 Å². The third-order valence-electron chi connectivity index (χ3n) is 4.33. The summed E-state index contributed by atoms with van der Waals surface area (Å²) >= 11 is 0. The van der Waals surface area contributed by atoms with Crippen LogP contribution in [0.4, 0.5) is 0 Å². The fourth-order valence-electron chi connectivity index (χ4n) is 2.93. The van der Waals surface area contributed by atoms with Gasteiger partial charge in [0.25, 0.3) is 0 Å². The van der Waals surface area contributed by atoms with Gasteiger partial charge in [-0.25, -0.2) is 4.79 Å². The van der Waals surface area contributed by atoms with Gasteiger partial charge in [-0.1, -0.05) is 12.1 Å². The Morgan fingerprint density at radius 1 is 1.17 bits per heavy atom. The van der Waals surface area contributed by atoms with E-state index in [1.165, 1.54) is 6.20 Å². The molecule has 1 aromatic carbocycles. The molecular weight excluding hydrogens is 310 g/mol. The van der Waals surface area contributed by atoms with Crippen molar-refractivity contribution in [3.05, 3.63) is 47.8 Å². The molecule has 0 saturated carbocycles. The second kappa shape index (κ2) is 6.74. The van der Waals surface area contributed by atoms with Crippen LogP contribution < -0.4 is 0 Å². The number of piperidine rings is 1. The van der Waals surface area contributed by atoms with Crippen molar-refractivity contribution in [1.82, 2.24) is 14.7 Å². The van der Waals surface area contributed by atoms with E-state index in [-0.39, 0.29) is 23.3 Å². The van der Waals surface area contributed by atoms with Crippen LogP contribution in [0.3, 0.4) is 0 Å². The van der Waals surface area contributed by atoms with Crippen LogP contribution >= 0.6 is 0 Å². The van der Waals surface area contributed by atoms with Crippen molar-refractivity contribution in [2.24, 2.45) is 0 Å². The molecule has 2 aromatic rings. The van der Waals surface area contributed by atoms with Gasteiger partial charge < -0.3 is 15.1 Å². The molecule has 0 aliphatic carbocycles. The number of aromatic carboxylic acids is 1. The lowest BCUT2D eigenvalue weighted by atomic mass is 10.0. The van der Waals surface area contributed by atoms with Crippen molar-refractivity contribution in [2.45, 2.75) is 25.3 Å². The molecule has 0 unspecified atom stereocenters. The average molecular weight is 329 g/mol. The minimum absolute atomic E-state index is 0.0610. The van der Waals surface area contributed by atoms with E-state index in [0.717, 1.165) is 18.4 Å². The molecule has 1 fully saturated rings. The Morgan fingerprint density at radius 3 is 2.42 bits per heavy atom. The molecule has 1 aliphatic rings. The Bertz CT molecular complexity index is 731. The first-order valence-corrected chi connectivity index (χ1v) is 7.86. The highest BCUT2D eigenvalue weighted by Gasteiger charge is 2.24. The largest absolute Gasteiger partial charge is 0.508 e. The Morgan fingerprint density at radius 2 is 1.83 bits per heavy atom. The fourth-order valence-corrected chi connectivity index (χ4v) is 2.93. The quantitative estimate of drug-likeness (QED) is 0.890. The standard InChI is InChI=1S/C17H19N3O4/c21-15-3-1-12(2-4-15)9-16(22)19-7-5-14(6-8-19)20-11-13(10-18-20)17(23)24/h1-4,10-11,14,21H,5-9H2,(H,23,24). The SMILES string of the molecule is O=C(O)c1cnn(C2CCN(C(=O)Cc3ccc(O)cc3)CC2)c1. The van der Waals surface area contributed by atoms with E-state index >= 15 is 0 Å². The molecule has 126 valence electrons. The van der Waals surface area contributed by atoms with Gasteiger partial charge in [0.1, 0.15) is 5.75 Å². The zero-order valence-corrected chi connectivity index (χ0v) is 13.1. The highest BCUT2D eigenvalue weighted by atomic mass is 16.4. The van der Waals surface area contributed by atoms with E-state index in [9.17, 15) is 14.7 Å². The van der Waals surface area contributed by atoms with Crippen LogP contribution in [0.5, 0.6) is 5.75 Å². The van der Waals surface area contributed by atoms with Gasteiger partial charge in [-0.3, -0.25) is 9.48 Å². The lowest BCUT2D eigenvalue weighted by molar-refractivity contribution is -0.131. The lowest BCUT2D eigenvalue weighted by Gasteiger charge is -2.32. The molecule has 0 bridgehead atoms. The maximum atomic E-state index is 12.4. The third kappa shape index (κ3) is 3.56. The number of hydrogen-bond acceptors (Lipinski definition) is 4. The summed E-state index contributed by atoms with van der Waals surface area (Å²) in [7, 11) is 0. The van der Waals surface area contributed by atoms with Crippen molar-refractivity contribution >= 4 is 11.9 Å². The van der Waals surface area contributed by atoms with Gasteiger partial charge in [-0.2, -0.15) is 5.10 Å². The van der Waals surface area contributed by atoms with Crippen molar-refractivity contribution in [3.63, 3.8) is 0 Å². The number of benzene rings is 1. The molecule has 0 atom stereocenters. The number of rotatable bonds is 4. The molecule has 1 aliphatic heterocycles. The number of aromatic hydroxyl groups is 1. The third-order valence-corrected chi connectivity index (χ3v) is 4.33. The summed E-state index contributed by atoms with van der Waals surface area (Å²) in [4.78, 5) is 25.1. The maximum Gasteiger partial charge on any atom is 0.338 e. The highest BCUT2D eigenvalue weighted by Crippen LogP contribution is 2.23. The number of aromatic nitrogens is 2. The number of hydrogen-bond donors (Lipinski definition) is 2. The van der Waals surface area contributed by atoms with Gasteiger partial charge in [-0.05, 0) is 30.5 Å². The van der Waals surface area contributed by atoms with Crippen molar-refractivity contribution in [1.29, 1.82) is 0 Å². The molecular formula is C17H19N3O4. The minimum atomic E-state index is -0.984. The molecule has 0 radical (unpaired) electrons. The van der Waals surface area contributed by atoms with Crippen LogP contribution in [0.15, 0.2) is 36.7 Å². The van der Waals surface area contributed by atoms with E-state index in [1.807, 2.05) is 4.90 Å².